The Kier molecular flexibility index (Phi) is 12.5. The van der Waals surface area contributed by atoms with Gasteiger partial charge >= 0.3 is 0 Å². The fraction of sp³-hybridized carbons (Fsp3) is 0.579. The number of nitrogens with one attached hydrogen (secondary N) is 3. The van der Waals surface area contributed by atoms with E-state index >= 15 is 0 Å². The Morgan fingerprint density at radius 2 is 1.58 bits per heavy atom. The number of rotatable bonds is 12. The number of carbonyl (C=O) groups is 3. The van der Waals surface area contributed by atoms with Gasteiger partial charge in [-0.1, -0.05) is 49.6 Å². The molecule has 272 valence electrons. The minimum Gasteiger partial charge on any atom is -0.390 e. The first-order valence-electron chi connectivity index (χ1n) is 17.5. The van der Waals surface area contributed by atoms with E-state index in [0.717, 1.165) is 37.5 Å². The second-order valence-corrected chi connectivity index (χ2v) is 18.2. The summed E-state index contributed by atoms with van der Waals surface area (Å²) in [4.78, 5) is 43.3. The smallest absolute Gasteiger partial charge is 0.251 e. The van der Waals surface area contributed by atoms with Gasteiger partial charge in [0, 0.05) is 30.4 Å². The van der Waals surface area contributed by atoms with Crippen molar-refractivity contribution >= 4 is 27.6 Å². The van der Waals surface area contributed by atoms with Gasteiger partial charge in [0.2, 0.25) is 11.8 Å². The van der Waals surface area contributed by atoms with E-state index in [9.17, 15) is 27.9 Å². The molecule has 1 saturated carbocycles. The zero-order valence-corrected chi connectivity index (χ0v) is 30.9. The number of β-amino-alcohol motifs (C(OH)–C–C–N with tert-alkyl or cyclic N) is 1. The Morgan fingerprint density at radius 3 is 2.16 bits per heavy atom. The summed E-state index contributed by atoms with van der Waals surface area (Å²) in [5.41, 5.74) is 0.900. The molecule has 4 rings (SSSR count). The maximum Gasteiger partial charge on any atom is 0.251 e. The molecule has 4 N–H and O–H groups in total. The van der Waals surface area contributed by atoms with Gasteiger partial charge in [0.05, 0.1) is 34.6 Å². The quantitative estimate of drug-likeness (QED) is 0.261. The third-order valence-corrected chi connectivity index (χ3v) is 12.4. The highest BCUT2D eigenvalue weighted by Crippen LogP contribution is 2.39. The third kappa shape index (κ3) is 9.92. The van der Waals surface area contributed by atoms with E-state index in [1.807, 2.05) is 62.1 Å². The summed E-state index contributed by atoms with van der Waals surface area (Å²) >= 11 is 0. The molecule has 6 atom stereocenters. The van der Waals surface area contributed by atoms with Crippen molar-refractivity contribution in [3.05, 3.63) is 71.3 Å². The molecule has 0 unspecified atom stereocenters. The van der Waals surface area contributed by atoms with Crippen LogP contribution in [0, 0.1) is 23.2 Å². The van der Waals surface area contributed by atoms with E-state index in [1.54, 1.807) is 0 Å². The number of benzene rings is 2. The van der Waals surface area contributed by atoms with Gasteiger partial charge in [0.1, 0.15) is 6.04 Å². The normalized spacial score (nSPS) is 21.8. The lowest BCUT2D eigenvalue weighted by molar-refractivity contribution is -0.133. The molecule has 0 bridgehead atoms. The number of sulfone groups is 1. The van der Waals surface area contributed by atoms with Crippen molar-refractivity contribution in [2.45, 2.75) is 108 Å². The number of aliphatic hydroxyl groups excluding tert-OH is 1. The first-order chi connectivity index (χ1) is 23.4. The highest BCUT2D eigenvalue weighted by Gasteiger charge is 2.46. The molecule has 2 aromatic rings. The van der Waals surface area contributed by atoms with Crippen LogP contribution in [-0.2, 0) is 25.8 Å². The van der Waals surface area contributed by atoms with Crippen molar-refractivity contribution in [2.75, 3.05) is 19.3 Å². The molecule has 1 aliphatic carbocycles. The maximum atomic E-state index is 14.2. The van der Waals surface area contributed by atoms with E-state index in [-0.39, 0.29) is 24.4 Å². The number of nitrogens with zero attached hydrogens (tertiary/aromatic N) is 2. The van der Waals surface area contributed by atoms with E-state index in [2.05, 4.69) is 16.0 Å². The Hall–Kier alpha value is -3.79. The van der Waals surface area contributed by atoms with Gasteiger partial charge in [0.15, 0.2) is 9.84 Å². The van der Waals surface area contributed by atoms with Gasteiger partial charge in [-0.3, -0.25) is 19.3 Å². The molecule has 2 aromatic carbocycles. The number of hydrogen-bond acceptors (Lipinski definition) is 8. The van der Waals surface area contributed by atoms with Crippen LogP contribution < -0.4 is 16.0 Å². The molecule has 12 heteroatoms. The van der Waals surface area contributed by atoms with E-state index in [1.165, 1.54) is 38.1 Å². The lowest BCUT2D eigenvalue weighted by Crippen LogP contribution is -2.64. The predicted octanol–water partition coefficient (Wildman–Crippen LogP) is 3.36. The fourth-order valence-electron chi connectivity index (χ4n) is 7.09. The molecule has 1 aliphatic heterocycles. The monoisotopic (exact) mass is 707 g/mol. The topological polar surface area (TPSA) is 169 Å². The van der Waals surface area contributed by atoms with Gasteiger partial charge in [-0.05, 0) is 95.5 Å². The molecule has 2 fully saturated rings. The molecule has 2 aliphatic rings. The van der Waals surface area contributed by atoms with Gasteiger partial charge in [-0.15, -0.1) is 0 Å². The van der Waals surface area contributed by atoms with E-state index < -0.39 is 56.2 Å². The summed E-state index contributed by atoms with van der Waals surface area (Å²) in [6, 6.07) is 14.2. The van der Waals surface area contributed by atoms with Crippen molar-refractivity contribution < 1.29 is 27.9 Å². The molecule has 11 nitrogen and oxygen atoms in total. The molecular weight excluding hydrogens is 655 g/mol. The van der Waals surface area contributed by atoms with Crippen molar-refractivity contribution in [3.8, 4) is 6.07 Å². The zero-order chi connectivity index (χ0) is 36.9. The summed E-state index contributed by atoms with van der Waals surface area (Å²) in [6.07, 6.45) is 5.22. The summed E-state index contributed by atoms with van der Waals surface area (Å²) in [5, 5.41) is 29.7. The van der Waals surface area contributed by atoms with Crippen LogP contribution in [0.5, 0.6) is 0 Å². The lowest BCUT2D eigenvalue weighted by atomic mass is 9.72. The van der Waals surface area contributed by atoms with Crippen LogP contribution in [0.2, 0.25) is 0 Å². The number of nitriles is 1. The Bertz CT molecular complexity index is 1650. The van der Waals surface area contributed by atoms with Crippen LogP contribution >= 0.6 is 0 Å². The number of amides is 3. The Balaban J connectivity index is 1.63. The maximum absolute atomic E-state index is 14.2. The van der Waals surface area contributed by atoms with Crippen molar-refractivity contribution in [1.29, 1.82) is 5.26 Å². The minimum absolute atomic E-state index is 0.0853. The van der Waals surface area contributed by atoms with Crippen molar-refractivity contribution in [3.63, 3.8) is 0 Å². The molecule has 0 aromatic heterocycles. The lowest BCUT2D eigenvalue weighted by Gasteiger charge is -2.47. The van der Waals surface area contributed by atoms with Crippen molar-refractivity contribution in [2.24, 2.45) is 11.8 Å². The number of likely N-dealkylation sites (tertiary alicyclic amines) is 1. The second kappa shape index (κ2) is 16.0. The number of hydrogen-bond donors (Lipinski definition) is 4. The SMILES string of the molecule is CC(C)(C)NC(=O)[C@@H]1C[C@@H]2CCCC[C@@H]2CN1C[C@@H](O)[C@H](Cc1ccccc1)NC(=O)[C@@H](NC(=O)c1ccc(C#N)cc1)C(C)(C)S(C)(=O)=O. The van der Waals surface area contributed by atoms with Crippen LogP contribution in [0.15, 0.2) is 54.6 Å². The molecule has 50 heavy (non-hydrogen) atoms. The molecule has 3 amide bonds. The van der Waals surface area contributed by atoms with Crippen LogP contribution in [0.1, 0.15) is 88.2 Å². The molecule has 1 heterocycles. The van der Waals surface area contributed by atoms with Gasteiger partial charge in [-0.25, -0.2) is 8.42 Å². The van der Waals surface area contributed by atoms with Crippen molar-refractivity contribution in [1.82, 2.24) is 20.9 Å². The molecular formula is C38H53N5O6S. The third-order valence-electron chi connectivity index (χ3n) is 10.3. The summed E-state index contributed by atoms with van der Waals surface area (Å²) in [7, 11) is -3.90. The molecule has 1 saturated heterocycles. The highest BCUT2D eigenvalue weighted by molar-refractivity contribution is 7.92. The highest BCUT2D eigenvalue weighted by atomic mass is 32.2. The van der Waals surface area contributed by atoms with Crippen LogP contribution in [0.3, 0.4) is 0 Å². The van der Waals surface area contributed by atoms with Crippen LogP contribution in [-0.4, -0.2) is 90.0 Å². The summed E-state index contributed by atoms with van der Waals surface area (Å²) in [5.74, 6) is -0.691. The fourth-order valence-corrected chi connectivity index (χ4v) is 7.69. The van der Waals surface area contributed by atoms with E-state index in [4.69, 9.17) is 5.26 Å². The van der Waals surface area contributed by atoms with E-state index in [0.29, 0.717) is 30.4 Å². The van der Waals surface area contributed by atoms with Gasteiger partial charge in [-0.2, -0.15) is 5.26 Å². The number of carbonyl (C=O) groups excluding carboxylic acids is 3. The van der Waals surface area contributed by atoms with Gasteiger partial charge in [0.25, 0.3) is 5.91 Å². The summed E-state index contributed by atoms with van der Waals surface area (Å²) in [6.45, 7) is 9.34. The molecule has 0 spiro atoms. The van der Waals surface area contributed by atoms with Crippen LogP contribution in [0.4, 0.5) is 0 Å². The molecule has 0 radical (unpaired) electrons. The summed E-state index contributed by atoms with van der Waals surface area (Å²) < 4.78 is 24.3. The average Bonchev–Trinajstić information content (AvgIpc) is 3.05. The van der Waals surface area contributed by atoms with Gasteiger partial charge < -0.3 is 21.1 Å². The standard InChI is InChI=1S/C38H53N5O6S/c1-37(2,3)42-35(46)31-21-28-14-10-11-15-29(28)23-43(31)24-32(44)30(20-25-12-8-7-9-13-25)40-36(47)33(38(4,5)50(6,48)49)41-34(45)27-18-16-26(22-39)17-19-27/h7-9,12-13,16-19,28-33,44H,10-11,14-15,20-21,23-24H2,1-6H3,(H,40,47)(H,41,45)(H,42,46)/t28-,29+,30-,31-,32+,33+/m0/s1. The zero-order valence-electron chi connectivity index (χ0n) is 30.1. The minimum atomic E-state index is -3.90. The predicted molar refractivity (Wildman–Crippen MR) is 193 cm³/mol. The first-order valence-corrected chi connectivity index (χ1v) is 19.4. The number of fused-ring (bicyclic) bond motifs is 1. The Labute approximate surface area is 297 Å². The Morgan fingerprint density at radius 1 is 0.960 bits per heavy atom. The largest absolute Gasteiger partial charge is 0.390 e. The second-order valence-electron chi connectivity index (χ2n) is 15.6. The number of piperidine rings is 1. The number of aliphatic hydroxyl groups is 1. The van der Waals surface area contributed by atoms with Crippen LogP contribution in [0.25, 0.3) is 0 Å². The average molecular weight is 708 g/mol. The first kappa shape index (κ1) is 39.0.